The lowest BCUT2D eigenvalue weighted by atomic mass is 10.1. The molecule has 0 saturated carbocycles. The predicted octanol–water partition coefficient (Wildman–Crippen LogP) is 4.26. The molecule has 0 bridgehead atoms. The Balaban J connectivity index is 1.63. The minimum Gasteiger partial charge on any atom is -0.497 e. The van der Waals surface area contributed by atoms with E-state index in [1.807, 2.05) is 51.5 Å². The van der Waals surface area contributed by atoms with Crippen LogP contribution in [0.5, 0.6) is 5.75 Å². The summed E-state index contributed by atoms with van der Waals surface area (Å²) in [6.45, 7) is 2.80. The number of nitrogens with zero attached hydrogens (tertiary/aromatic N) is 3. The number of rotatable bonds is 8. The van der Waals surface area contributed by atoms with Crippen molar-refractivity contribution in [2.24, 2.45) is 0 Å². The third-order valence-electron chi connectivity index (χ3n) is 4.46. The minimum absolute atomic E-state index is 0.577. The zero-order valence-electron chi connectivity index (χ0n) is 16.9. The number of hydrogen-bond acceptors (Lipinski definition) is 6. The number of methoxy groups -OCH3 is 1. The molecule has 0 amide bonds. The maximum Gasteiger partial charge on any atom is 0.229 e. The van der Waals surface area contributed by atoms with Crippen LogP contribution in [0.15, 0.2) is 54.7 Å². The van der Waals surface area contributed by atoms with Crippen molar-refractivity contribution in [3.05, 3.63) is 65.9 Å². The van der Waals surface area contributed by atoms with Crippen LogP contribution in [0, 0.1) is 6.92 Å². The first-order valence-electron chi connectivity index (χ1n) is 9.30. The molecule has 0 unspecified atom stereocenters. The highest BCUT2D eigenvalue weighted by Gasteiger charge is 2.05. The fraction of sp³-hybridized carbons (Fsp3) is 0.273. The van der Waals surface area contributed by atoms with Crippen LogP contribution >= 0.6 is 0 Å². The van der Waals surface area contributed by atoms with E-state index in [1.165, 1.54) is 5.56 Å². The summed E-state index contributed by atoms with van der Waals surface area (Å²) in [4.78, 5) is 11.1. The fourth-order valence-electron chi connectivity index (χ4n) is 2.79. The highest BCUT2D eigenvalue weighted by atomic mass is 16.5. The second-order valence-electron chi connectivity index (χ2n) is 6.82. The summed E-state index contributed by atoms with van der Waals surface area (Å²) >= 11 is 0. The SMILES string of the molecule is COc1ccc(CCNc2nc(Nc3cccc(N(C)C)c3)ncc2C)cc1. The van der Waals surface area contributed by atoms with Gasteiger partial charge >= 0.3 is 0 Å². The van der Waals surface area contributed by atoms with Crippen LogP contribution in [0.1, 0.15) is 11.1 Å². The van der Waals surface area contributed by atoms with Crippen molar-refractivity contribution in [3.63, 3.8) is 0 Å². The lowest BCUT2D eigenvalue weighted by molar-refractivity contribution is 0.414. The summed E-state index contributed by atoms with van der Waals surface area (Å²) in [5.74, 6) is 2.29. The summed E-state index contributed by atoms with van der Waals surface area (Å²) in [7, 11) is 5.72. The van der Waals surface area contributed by atoms with E-state index in [1.54, 1.807) is 7.11 Å². The lowest BCUT2D eigenvalue weighted by Crippen LogP contribution is -2.10. The standard InChI is InChI=1S/C22H27N5O/c1-16-15-24-22(25-18-6-5-7-19(14-18)27(2)3)26-21(16)23-13-12-17-8-10-20(28-4)11-9-17/h5-11,14-15H,12-13H2,1-4H3,(H2,23,24,25,26). The van der Waals surface area contributed by atoms with E-state index < -0.39 is 0 Å². The number of hydrogen-bond donors (Lipinski definition) is 2. The molecule has 3 rings (SSSR count). The summed E-state index contributed by atoms with van der Waals surface area (Å²) < 4.78 is 5.20. The van der Waals surface area contributed by atoms with Gasteiger partial charge in [0.2, 0.25) is 5.95 Å². The monoisotopic (exact) mass is 377 g/mol. The number of aromatic nitrogens is 2. The van der Waals surface area contributed by atoms with Gasteiger partial charge in [0.05, 0.1) is 7.11 Å². The van der Waals surface area contributed by atoms with E-state index in [0.29, 0.717) is 5.95 Å². The molecule has 2 N–H and O–H groups in total. The Hall–Kier alpha value is -3.28. The number of anilines is 4. The van der Waals surface area contributed by atoms with Crippen LogP contribution in [0.4, 0.5) is 23.1 Å². The molecule has 1 heterocycles. The molecule has 0 saturated heterocycles. The topological polar surface area (TPSA) is 62.3 Å². The van der Waals surface area contributed by atoms with Gasteiger partial charge < -0.3 is 20.3 Å². The highest BCUT2D eigenvalue weighted by Crippen LogP contribution is 2.21. The Morgan fingerprint density at radius 2 is 1.86 bits per heavy atom. The quantitative estimate of drug-likeness (QED) is 0.612. The largest absolute Gasteiger partial charge is 0.497 e. The molecule has 0 aliphatic carbocycles. The molecule has 0 fully saturated rings. The van der Waals surface area contributed by atoms with Crippen LogP contribution in [-0.4, -0.2) is 37.7 Å². The van der Waals surface area contributed by atoms with Crippen LogP contribution in [-0.2, 0) is 6.42 Å². The van der Waals surface area contributed by atoms with E-state index in [-0.39, 0.29) is 0 Å². The van der Waals surface area contributed by atoms with Gasteiger partial charge in [0.15, 0.2) is 0 Å². The Morgan fingerprint density at radius 1 is 1.07 bits per heavy atom. The van der Waals surface area contributed by atoms with E-state index in [0.717, 1.165) is 41.5 Å². The van der Waals surface area contributed by atoms with Gasteiger partial charge in [0.1, 0.15) is 11.6 Å². The first kappa shape index (κ1) is 19.5. The molecular weight excluding hydrogens is 350 g/mol. The molecule has 1 aromatic heterocycles. The van der Waals surface area contributed by atoms with Gasteiger partial charge in [-0.3, -0.25) is 0 Å². The molecule has 0 atom stereocenters. The summed E-state index contributed by atoms with van der Waals surface area (Å²) in [5.41, 5.74) is 4.34. The zero-order chi connectivity index (χ0) is 19.9. The van der Waals surface area contributed by atoms with Crippen molar-refractivity contribution in [3.8, 4) is 5.75 Å². The molecule has 3 aromatic rings. The van der Waals surface area contributed by atoms with Crippen LogP contribution < -0.4 is 20.3 Å². The average molecular weight is 377 g/mol. The lowest BCUT2D eigenvalue weighted by Gasteiger charge is -2.14. The van der Waals surface area contributed by atoms with Crippen molar-refractivity contribution < 1.29 is 4.74 Å². The van der Waals surface area contributed by atoms with Crippen molar-refractivity contribution in [2.45, 2.75) is 13.3 Å². The van der Waals surface area contributed by atoms with E-state index >= 15 is 0 Å². The Labute approximate surface area is 166 Å². The van der Waals surface area contributed by atoms with Gasteiger partial charge in [0, 0.05) is 43.8 Å². The molecule has 6 heteroatoms. The molecule has 146 valence electrons. The molecule has 6 nitrogen and oxygen atoms in total. The molecular formula is C22H27N5O. The van der Waals surface area contributed by atoms with E-state index in [2.05, 4.69) is 49.8 Å². The second-order valence-corrected chi connectivity index (χ2v) is 6.82. The molecule has 28 heavy (non-hydrogen) atoms. The van der Waals surface area contributed by atoms with Gasteiger partial charge in [-0.15, -0.1) is 0 Å². The highest BCUT2D eigenvalue weighted by molar-refractivity contribution is 5.62. The zero-order valence-corrected chi connectivity index (χ0v) is 16.9. The van der Waals surface area contributed by atoms with Crippen LogP contribution in [0.2, 0.25) is 0 Å². The summed E-state index contributed by atoms with van der Waals surface area (Å²) in [6.07, 6.45) is 2.74. The second kappa shape index (κ2) is 9.08. The van der Waals surface area contributed by atoms with Gasteiger partial charge in [0.25, 0.3) is 0 Å². The van der Waals surface area contributed by atoms with Gasteiger partial charge in [-0.25, -0.2) is 4.98 Å². The molecule has 0 spiro atoms. The Kier molecular flexibility index (Phi) is 6.32. The van der Waals surface area contributed by atoms with Crippen molar-refractivity contribution in [1.29, 1.82) is 0 Å². The van der Waals surface area contributed by atoms with E-state index in [4.69, 9.17) is 4.74 Å². The third kappa shape index (κ3) is 5.13. The predicted molar refractivity (Wildman–Crippen MR) is 116 cm³/mol. The van der Waals surface area contributed by atoms with Crippen molar-refractivity contribution in [1.82, 2.24) is 9.97 Å². The number of aryl methyl sites for hydroxylation is 1. The van der Waals surface area contributed by atoms with E-state index in [9.17, 15) is 0 Å². The number of ether oxygens (including phenoxy) is 1. The molecule has 2 aromatic carbocycles. The summed E-state index contributed by atoms with van der Waals surface area (Å²) in [6, 6.07) is 16.3. The first-order chi connectivity index (χ1) is 13.5. The first-order valence-corrected chi connectivity index (χ1v) is 9.30. The van der Waals surface area contributed by atoms with Crippen LogP contribution in [0.25, 0.3) is 0 Å². The van der Waals surface area contributed by atoms with Gasteiger partial charge in [-0.2, -0.15) is 4.98 Å². The van der Waals surface area contributed by atoms with Gasteiger partial charge in [-0.05, 0) is 49.2 Å². The molecule has 0 radical (unpaired) electrons. The normalized spacial score (nSPS) is 10.4. The Bertz CT molecular complexity index is 909. The fourth-order valence-corrected chi connectivity index (χ4v) is 2.79. The van der Waals surface area contributed by atoms with Crippen molar-refractivity contribution >= 4 is 23.1 Å². The smallest absolute Gasteiger partial charge is 0.229 e. The molecule has 0 aliphatic heterocycles. The maximum absolute atomic E-state index is 5.20. The minimum atomic E-state index is 0.577. The van der Waals surface area contributed by atoms with Crippen LogP contribution in [0.3, 0.4) is 0 Å². The number of benzene rings is 2. The Morgan fingerprint density at radius 3 is 2.57 bits per heavy atom. The van der Waals surface area contributed by atoms with Crippen molar-refractivity contribution in [2.75, 3.05) is 43.3 Å². The third-order valence-corrected chi connectivity index (χ3v) is 4.46. The van der Waals surface area contributed by atoms with Gasteiger partial charge in [-0.1, -0.05) is 18.2 Å². The average Bonchev–Trinajstić information content (AvgIpc) is 2.71. The molecule has 0 aliphatic rings. The summed E-state index contributed by atoms with van der Waals surface area (Å²) in [5, 5.41) is 6.70. The number of nitrogens with one attached hydrogen (secondary N) is 2. The maximum atomic E-state index is 5.20.